The number of carbonyl (C=O) groups is 4. The lowest BCUT2D eigenvalue weighted by Gasteiger charge is -2.24. The maximum absolute atomic E-state index is 13.0. The predicted octanol–water partition coefficient (Wildman–Crippen LogP) is 2.76. The van der Waals surface area contributed by atoms with Crippen LogP contribution in [0, 0.1) is 6.42 Å². The topological polar surface area (TPSA) is 146 Å². The van der Waals surface area contributed by atoms with Crippen LogP contribution in [0.25, 0.3) is 0 Å². The molecule has 0 aromatic heterocycles. The summed E-state index contributed by atoms with van der Waals surface area (Å²) in [5.74, 6) is -2.60. The van der Waals surface area contributed by atoms with E-state index >= 15 is 0 Å². The number of benzene rings is 1. The van der Waals surface area contributed by atoms with Gasteiger partial charge >= 0.3 is 23.9 Å². The van der Waals surface area contributed by atoms with E-state index in [0.29, 0.717) is 5.69 Å². The smallest absolute Gasteiger partial charge is 0.398 e. The number of ether oxygens (including phenoxy) is 4. The van der Waals surface area contributed by atoms with Gasteiger partial charge in [0.25, 0.3) is 0 Å². The van der Waals surface area contributed by atoms with Crippen molar-refractivity contribution in [1.82, 2.24) is 0 Å². The summed E-state index contributed by atoms with van der Waals surface area (Å²) in [4.78, 5) is 49.7. The first kappa shape index (κ1) is 29.6. The van der Waals surface area contributed by atoms with Crippen molar-refractivity contribution < 1.29 is 38.1 Å². The van der Waals surface area contributed by atoms with Crippen molar-refractivity contribution in [3.05, 3.63) is 72.7 Å². The first-order valence-corrected chi connectivity index (χ1v) is 12.5. The highest BCUT2D eigenvalue weighted by molar-refractivity contribution is 6.37. The van der Waals surface area contributed by atoms with Crippen LogP contribution in [-0.4, -0.2) is 74.0 Å². The van der Waals surface area contributed by atoms with Gasteiger partial charge in [0.05, 0.1) is 48.7 Å². The Hall–Kier alpha value is -5.00. The molecule has 1 aromatic carbocycles. The van der Waals surface area contributed by atoms with Crippen molar-refractivity contribution in [2.75, 3.05) is 31.4 Å². The zero-order chi connectivity index (χ0) is 28.9. The minimum absolute atomic E-state index is 0.0137. The SMILES string of the molecule is C=CCOC(=O)c1ccccc1N1N=C(C(=O)OCC)CC1COC(=O)C1=C[CH+]C=C/C1=N\N=CC(=O)OCC. The summed E-state index contributed by atoms with van der Waals surface area (Å²) in [7, 11) is 0. The molecular formula is C28H29N4O8+. The fourth-order valence-corrected chi connectivity index (χ4v) is 3.64. The van der Waals surface area contributed by atoms with Gasteiger partial charge in [0.15, 0.2) is 5.57 Å². The van der Waals surface area contributed by atoms with E-state index in [-0.39, 0.29) is 55.4 Å². The van der Waals surface area contributed by atoms with Crippen LogP contribution in [0.5, 0.6) is 0 Å². The van der Waals surface area contributed by atoms with Gasteiger partial charge in [-0.15, -0.1) is 10.2 Å². The van der Waals surface area contributed by atoms with E-state index in [1.165, 1.54) is 23.2 Å². The van der Waals surface area contributed by atoms with E-state index in [0.717, 1.165) is 6.21 Å². The molecule has 0 amide bonds. The second kappa shape index (κ2) is 14.8. The van der Waals surface area contributed by atoms with E-state index < -0.39 is 29.9 Å². The van der Waals surface area contributed by atoms with Crippen LogP contribution >= 0.6 is 0 Å². The highest BCUT2D eigenvalue weighted by atomic mass is 16.5. The Labute approximate surface area is 231 Å². The highest BCUT2D eigenvalue weighted by Crippen LogP contribution is 2.29. The monoisotopic (exact) mass is 549 g/mol. The predicted molar refractivity (Wildman–Crippen MR) is 147 cm³/mol. The van der Waals surface area contributed by atoms with Crippen LogP contribution in [0.4, 0.5) is 5.69 Å². The first-order valence-electron chi connectivity index (χ1n) is 12.5. The van der Waals surface area contributed by atoms with Crippen LogP contribution in [0.2, 0.25) is 0 Å². The van der Waals surface area contributed by atoms with E-state index in [2.05, 4.69) is 21.9 Å². The summed E-state index contributed by atoms with van der Waals surface area (Å²) < 4.78 is 20.6. The van der Waals surface area contributed by atoms with Gasteiger partial charge in [0.2, 0.25) is 5.71 Å². The Balaban J connectivity index is 1.80. The van der Waals surface area contributed by atoms with Crippen LogP contribution in [0.3, 0.4) is 0 Å². The normalized spacial score (nSPS) is 17.1. The second-order valence-electron chi connectivity index (χ2n) is 8.09. The lowest BCUT2D eigenvalue weighted by Crippen LogP contribution is -2.34. The summed E-state index contributed by atoms with van der Waals surface area (Å²) in [5, 5.41) is 13.4. The van der Waals surface area contributed by atoms with Crippen LogP contribution in [0.15, 0.2) is 76.0 Å². The Morgan fingerprint density at radius 3 is 2.60 bits per heavy atom. The zero-order valence-electron chi connectivity index (χ0n) is 22.1. The maximum atomic E-state index is 13.0. The van der Waals surface area contributed by atoms with Crippen LogP contribution < -0.4 is 5.01 Å². The average Bonchev–Trinajstić information content (AvgIpc) is 3.39. The lowest BCUT2D eigenvalue weighted by molar-refractivity contribution is -0.139. The van der Waals surface area contributed by atoms with Gasteiger partial charge in [0.1, 0.15) is 25.1 Å². The molecule has 0 N–H and O–H groups in total. The van der Waals surface area contributed by atoms with Gasteiger partial charge < -0.3 is 18.9 Å². The fourth-order valence-electron chi connectivity index (χ4n) is 3.64. The summed E-state index contributed by atoms with van der Waals surface area (Å²) in [6.07, 6.45) is 8.75. The van der Waals surface area contributed by atoms with Gasteiger partial charge in [-0.05, 0) is 26.0 Å². The molecule has 1 aromatic rings. The molecule has 0 bridgehead atoms. The number of hydrazone groups is 1. The Morgan fingerprint density at radius 1 is 1.07 bits per heavy atom. The quantitative estimate of drug-likeness (QED) is 0.0959. The second-order valence-corrected chi connectivity index (χ2v) is 8.09. The highest BCUT2D eigenvalue weighted by Gasteiger charge is 2.36. The molecule has 0 spiro atoms. The molecule has 12 nitrogen and oxygen atoms in total. The van der Waals surface area contributed by atoms with Crippen molar-refractivity contribution in [3.63, 3.8) is 0 Å². The molecule has 1 aliphatic carbocycles. The standard InChI is InChI=1S/C28H29N4O8/c1-4-15-39-27(35)21-12-8-10-14-24(21)32-19(16-23(31-32)28(36)38-6-3)18-40-26(34)20-11-7-9-13-22(20)30-29-17-25(33)37-5-2/h4,7-14,17,19H,1,5-6,15-16,18H2,2-3H3/q+1/b29-17?,30-22+. The van der Waals surface area contributed by atoms with Crippen molar-refractivity contribution >= 4 is 47.2 Å². The number of rotatable bonds is 12. The Morgan fingerprint density at radius 2 is 1.85 bits per heavy atom. The first-order chi connectivity index (χ1) is 19.4. The molecule has 1 unspecified atom stereocenters. The molecule has 2 aliphatic rings. The number of nitrogens with zero attached hydrogens (tertiary/aromatic N) is 4. The minimum Gasteiger partial charge on any atom is -0.462 e. The van der Waals surface area contributed by atoms with E-state index in [1.807, 2.05) is 0 Å². The number of hydrogen-bond acceptors (Lipinski definition) is 12. The molecule has 0 saturated heterocycles. The molecule has 12 heteroatoms. The lowest BCUT2D eigenvalue weighted by atomic mass is 10.0. The molecule has 1 heterocycles. The molecule has 0 fully saturated rings. The third-order valence-corrected chi connectivity index (χ3v) is 5.36. The van der Waals surface area contributed by atoms with Crippen LogP contribution in [0.1, 0.15) is 30.6 Å². The number of esters is 4. The summed E-state index contributed by atoms with van der Waals surface area (Å²) in [6.45, 7) is 7.04. The molecule has 0 radical (unpaired) electrons. The summed E-state index contributed by atoms with van der Waals surface area (Å²) in [5.41, 5.74) is 0.961. The van der Waals surface area contributed by atoms with E-state index in [1.54, 1.807) is 50.6 Å². The van der Waals surface area contributed by atoms with Crippen molar-refractivity contribution in [3.8, 4) is 0 Å². The number of allylic oxidation sites excluding steroid dienone is 3. The largest absolute Gasteiger partial charge is 0.462 e. The van der Waals surface area contributed by atoms with Crippen LogP contribution in [-0.2, 0) is 33.3 Å². The molecular weight excluding hydrogens is 520 g/mol. The van der Waals surface area contributed by atoms with Gasteiger partial charge in [-0.1, -0.05) is 24.8 Å². The fraction of sp³-hybridized carbons (Fsp3) is 0.286. The van der Waals surface area contributed by atoms with Crippen molar-refractivity contribution in [2.45, 2.75) is 26.3 Å². The van der Waals surface area contributed by atoms with Crippen molar-refractivity contribution in [2.24, 2.45) is 15.3 Å². The maximum Gasteiger partial charge on any atom is 0.398 e. The zero-order valence-corrected chi connectivity index (χ0v) is 22.1. The summed E-state index contributed by atoms with van der Waals surface area (Å²) in [6, 6.07) is 5.94. The third-order valence-electron chi connectivity index (χ3n) is 5.36. The van der Waals surface area contributed by atoms with Gasteiger partial charge in [-0.2, -0.15) is 5.10 Å². The average molecular weight is 550 g/mol. The van der Waals surface area contributed by atoms with E-state index in [4.69, 9.17) is 18.9 Å². The number of anilines is 1. The molecule has 3 rings (SSSR count). The molecule has 208 valence electrons. The molecule has 0 saturated carbocycles. The van der Waals surface area contributed by atoms with Gasteiger partial charge in [-0.3, -0.25) is 5.01 Å². The van der Waals surface area contributed by atoms with Crippen molar-refractivity contribution in [1.29, 1.82) is 0 Å². The van der Waals surface area contributed by atoms with Gasteiger partial charge in [0, 0.05) is 12.8 Å². The Kier molecular flexibility index (Phi) is 10.9. The molecule has 1 atom stereocenters. The third kappa shape index (κ3) is 7.76. The number of carbonyl (C=O) groups excluding carboxylic acids is 4. The number of para-hydroxylation sites is 1. The summed E-state index contributed by atoms with van der Waals surface area (Å²) >= 11 is 0. The molecule has 1 aliphatic heterocycles. The van der Waals surface area contributed by atoms with Gasteiger partial charge in [-0.25, -0.2) is 19.2 Å². The van der Waals surface area contributed by atoms with E-state index in [9.17, 15) is 19.2 Å². The minimum atomic E-state index is -0.714. The number of hydrogen-bond donors (Lipinski definition) is 0. The Bertz CT molecular complexity index is 1290. The molecule has 40 heavy (non-hydrogen) atoms.